The first-order chi connectivity index (χ1) is 11.8. The van der Waals surface area contributed by atoms with Gasteiger partial charge in [-0.2, -0.15) is 0 Å². The van der Waals surface area contributed by atoms with Gasteiger partial charge in [0.1, 0.15) is 0 Å². The SMILES string of the molecule is CC(C)(C)c1ccc(S(=O)(=O)c2cccc(-c3ccccn3)c2)cc1. The van der Waals surface area contributed by atoms with E-state index in [0.717, 1.165) is 16.8 Å². The van der Waals surface area contributed by atoms with Gasteiger partial charge in [0.2, 0.25) is 9.84 Å². The number of rotatable bonds is 3. The largest absolute Gasteiger partial charge is 0.256 e. The Morgan fingerprint density at radius 3 is 2.12 bits per heavy atom. The van der Waals surface area contributed by atoms with Crippen molar-refractivity contribution in [2.45, 2.75) is 36.0 Å². The van der Waals surface area contributed by atoms with Gasteiger partial charge in [0.25, 0.3) is 0 Å². The Bertz CT molecular complexity index is 970. The van der Waals surface area contributed by atoms with E-state index in [-0.39, 0.29) is 10.3 Å². The van der Waals surface area contributed by atoms with Crippen molar-refractivity contribution < 1.29 is 8.42 Å². The number of aromatic nitrogens is 1. The number of sulfone groups is 1. The molecule has 128 valence electrons. The van der Waals surface area contributed by atoms with E-state index >= 15 is 0 Å². The molecule has 0 aliphatic heterocycles. The van der Waals surface area contributed by atoms with Crippen LogP contribution in [0.5, 0.6) is 0 Å². The van der Waals surface area contributed by atoms with Crippen molar-refractivity contribution in [3.8, 4) is 11.3 Å². The van der Waals surface area contributed by atoms with E-state index in [0.29, 0.717) is 4.90 Å². The average Bonchev–Trinajstić information content (AvgIpc) is 2.62. The molecular formula is C21H21NO2S. The van der Waals surface area contributed by atoms with Crippen LogP contribution < -0.4 is 0 Å². The lowest BCUT2D eigenvalue weighted by molar-refractivity contribution is 0.586. The van der Waals surface area contributed by atoms with Crippen LogP contribution in [0.4, 0.5) is 0 Å². The van der Waals surface area contributed by atoms with Gasteiger partial charge in [-0.3, -0.25) is 4.98 Å². The van der Waals surface area contributed by atoms with Gasteiger partial charge in [-0.1, -0.05) is 51.1 Å². The predicted molar refractivity (Wildman–Crippen MR) is 100 cm³/mol. The van der Waals surface area contributed by atoms with Gasteiger partial charge in [0, 0.05) is 11.8 Å². The highest BCUT2D eigenvalue weighted by Gasteiger charge is 2.20. The fourth-order valence-corrected chi connectivity index (χ4v) is 3.93. The van der Waals surface area contributed by atoms with Crippen LogP contribution in [0, 0.1) is 0 Å². The Morgan fingerprint density at radius 1 is 0.800 bits per heavy atom. The average molecular weight is 351 g/mol. The predicted octanol–water partition coefficient (Wildman–Crippen LogP) is 4.88. The fraction of sp³-hybridized carbons (Fsp3) is 0.190. The van der Waals surface area contributed by atoms with Crippen molar-refractivity contribution in [2.24, 2.45) is 0 Å². The first-order valence-electron chi connectivity index (χ1n) is 8.15. The first-order valence-corrected chi connectivity index (χ1v) is 9.64. The maximum atomic E-state index is 13.0. The Kier molecular flexibility index (Phi) is 4.48. The number of nitrogens with zero attached hydrogens (tertiary/aromatic N) is 1. The third-order valence-electron chi connectivity index (χ3n) is 4.14. The summed E-state index contributed by atoms with van der Waals surface area (Å²) in [6.45, 7) is 6.31. The van der Waals surface area contributed by atoms with Crippen LogP contribution in [0.3, 0.4) is 0 Å². The van der Waals surface area contributed by atoms with Gasteiger partial charge in [0.05, 0.1) is 15.5 Å². The van der Waals surface area contributed by atoms with Crippen molar-refractivity contribution in [1.82, 2.24) is 4.98 Å². The van der Waals surface area contributed by atoms with Gasteiger partial charge < -0.3 is 0 Å². The van der Waals surface area contributed by atoms with Crippen LogP contribution in [0.2, 0.25) is 0 Å². The molecule has 0 atom stereocenters. The third kappa shape index (κ3) is 3.64. The number of pyridine rings is 1. The number of hydrogen-bond acceptors (Lipinski definition) is 3. The van der Waals surface area contributed by atoms with Crippen molar-refractivity contribution >= 4 is 9.84 Å². The van der Waals surface area contributed by atoms with Crippen molar-refractivity contribution in [1.29, 1.82) is 0 Å². The second-order valence-corrected chi connectivity index (χ2v) is 8.97. The highest BCUT2D eigenvalue weighted by molar-refractivity contribution is 7.91. The van der Waals surface area contributed by atoms with Gasteiger partial charge in [-0.15, -0.1) is 0 Å². The zero-order chi connectivity index (χ0) is 18.1. The maximum absolute atomic E-state index is 13.0. The summed E-state index contributed by atoms with van der Waals surface area (Å²) in [4.78, 5) is 4.87. The molecule has 3 nitrogen and oxygen atoms in total. The summed E-state index contributed by atoms with van der Waals surface area (Å²) in [5, 5.41) is 0. The van der Waals surface area contributed by atoms with E-state index in [1.807, 2.05) is 36.4 Å². The second kappa shape index (κ2) is 6.45. The normalized spacial score (nSPS) is 12.1. The van der Waals surface area contributed by atoms with Crippen LogP contribution in [0.1, 0.15) is 26.3 Å². The van der Waals surface area contributed by atoms with E-state index in [1.54, 1.807) is 36.5 Å². The molecule has 0 amide bonds. The zero-order valence-corrected chi connectivity index (χ0v) is 15.4. The number of benzene rings is 2. The highest BCUT2D eigenvalue weighted by Crippen LogP contribution is 2.28. The maximum Gasteiger partial charge on any atom is 0.206 e. The summed E-state index contributed by atoms with van der Waals surface area (Å²) < 4.78 is 25.9. The van der Waals surface area contributed by atoms with E-state index in [4.69, 9.17) is 0 Å². The minimum Gasteiger partial charge on any atom is -0.256 e. The van der Waals surface area contributed by atoms with E-state index < -0.39 is 9.84 Å². The quantitative estimate of drug-likeness (QED) is 0.676. The standard InChI is InChI=1S/C21H21NO2S/c1-21(2,3)17-10-12-18(13-11-17)25(23,24)19-8-6-7-16(15-19)20-9-4-5-14-22-20/h4-15H,1-3H3. The minimum atomic E-state index is -3.56. The molecule has 1 aromatic heterocycles. The highest BCUT2D eigenvalue weighted by atomic mass is 32.2. The molecule has 25 heavy (non-hydrogen) atoms. The van der Waals surface area contributed by atoms with Gasteiger partial charge in [-0.25, -0.2) is 8.42 Å². The molecule has 0 radical (unpaired) electrons. The molecule has 1 heterocycles. The topological polar surface area (TPSA) is 47.0 Å². The monoisotopic (exact) mass is 351 g/mol. The molecule has 3 aromatic rings. The third-order valence-corrected chi connectivity index (χ3v) is 5.90. The lowest BCUT2D eigenvalue weighted by Crippen LogP contribution is -2.11. The molecule has 2 aromatic carbocycles. The van der Waals surface area contributed by atoms with E-state index in [9.17, 15) is 8.42 Å². The molecule has 0 spiro atoms. The summed E-state index contributed by atoms with van der Waals surface area (Å²) >= 11 is 0. The second-order valence-electron chi connectivity index (χ2n) is 7.02. The molecule has 0 bridgehead atoms. The number of hydrogen-bond donors (Lipinski definition) is 0. The zero-order valence-electron chi connectivity index (χ0n) is 14.6. The molecule has 0 aliphatic carbocycles. The molecule has 0 N–H and O–H groups in total. The first kappa shape index (κ1) is 17.4. The van der Waals surface area contributed by atoms with E-state index in [1.165, 1.54) is 0 Å². The Hall–Kier alpha value is -2.46. The summed E-state index contributed by atoms with van der Waals surface area (Å²) in [5.41, 5.74) is 2.63. The van der Waals surface area contributed by atoms with Crippen LogP contribution >= 0.6 is 0 Å². The van der Waals surface area contributed by atoms with Crippen molar-refractivity contribution in [2.75, 3.05) is 0 Å². The minimum absolute atomic E-state index is 0.0127. The molecule has 0 saturated heterocycles. The van der Waals surface area contributed by atoms with Gasteiger partial charge >= 0.3 is 0 Å². The van der Waals surface area contributed by atoms with E-state index in [2.05, 4.69) is 25.8 Å². The molecular weight excluding hydrogens is 330 g/mol. The molecule has 4 heteroatoms. The Balaban J connectivity index is 2.01. The van der Waals surface area contributed by atoms with Crippen LogP contribution in [0.25, 0.3) is 11.3 Å². The lowest BCUT2D eigenvalue weighted by Gasteiger charge is -2.19. The Labute approximate surface area is 149 Å². The molecule has 0 unspecified atom stereocenters. The lowest BCUT2D eigenvalue weighted by atomic mass is 9.87. The molecule has 0 aliphatic rings. The van der Waals surface area contributed by atoms with Gasteiger partial charge in [0.15, 0.2) is 0 Å². The van der Waals surface area contributed by atoms with Crippen molar-refractivity contribution in [3.63, 3.8) is 0 Å². The summed E-state index contributed by atoms with van der Waals surface area (Å²) in [6, 6.07) is 19.6. The summed E-state index contributed by atoms with van der Waals surface area (Å²) in [6.07, 6.45) is 1.70. The Morgan fingerprint density at radius 2 is 1.52 bits per heavy atom. The van der Waals surface area contributed by atoms with Crippen LogP contribution in [-0.4, -0.2) is 13.4 Å². The van der Waals surface area contributed by atoms with Gasteiger partial charge in [-0.05, 0) is 47.4 Å². The molecule has 0 saturated carbocycles. The summed E-state index contributed by atoms with van der Waals surface area (Å²) in [7, 11) is -3.56. The fourth-order valence-electron chi connectivity index (χ4n) is 2.63. The smallest absolute Gasteiger partial charge is 0.206 e. The molecule has 3 rings (SSSR count). The van der Waals surface area contributed by atoms with Crippen LogP contribution in [0.15, 0.2) is 82.7 Å². The van der Waals surface area contributed by atoms with Crippen LogP contribution in [-0.2, 0) is 15.3 Å². The summed E-state index contributed by atoms with van der Waals surface area (Å²) in [5.74, 6) is 0. The molecule has 0 fully saturated rings. The van der Waals surface area contributed by atoms with Crippen molar-refractivity contribution in [3.05, 3.63) is 78.5 Å².